The lowest BCUT2D eigenvalue weighted by atomic mass is 10.1. The fourth-order valence-corrected chi connectivity index (χ4v) is 2.25. The van der Waals surface area contributed by atoms with Crippen molar-refractivity contribution in [2.75, 3.05) is 18.8 Å². The molecule has 1 aromatic heterocycles. The Bertz CT molecular complexity index is 442. The van der Waals surface area contributed by atoms with Gasteiger partial charge in [-0.3, -0.25) is 0 Å². The molecule has 1 aliphatic rings. The number of nitrogens with one attached hydrogen (secondary N) is 1. The summed E-state index contributed by atoms with van der Waals surface area (Å²) in [5.41, 5.74) is 5.99. The fraction of sp³-hybridized carbons (Fsp3) is 0.692. The van der Waals surface area contributed by atoms with Gasteiger partial charge in [0.25, 0.3) is 0 Å². The van der Waals surface area contributed by atoms with Crippen LogP contribution in [0.15, 0.2) is 12.4 Å². The summed E-state index contributed by atoms with van der Waals surface area (Å²) in [4.78, 5) is 13.7. The number of carbonyl (C=O) groups is 1. The lowest BCUT2D eigenvalue weighted by molar-refractivity contribution is -0.775. The number of H-pyrrole nitrogens is 1. The molecular formula is C13H23N4O2+. The minimum atomic E-state index is -0.434. The van der Waals surface area contributed by atoms with Crippen LogP contribution < -0.4 is 10.4 Å². The number of carbonyl (C=O) groups excluding carboxylic acids is 1. The zero-order chi connectivity index (χ0) is 14.0. The van der Waals surface area contributed by atoms with Crippen LogP contribution in [0.3, 0.4) is 0 Å². The van der Waals surface area contributed by atoms with E-state index in [0.29, 0.717) is 19.1 Å². The van der Waals surface area contributed by atoms with Crippen LogP contribution in [-0.2, 0) is 4.74 Å². The molecular weight excluding hydrogens is 244 g/mol. The van der Waals surface area contributed by atoms with Crippen LogP contribution in [0.4, 0.5) is 10.5 Å². The van der Waals surface area contributed by atoms with Gasteiger partial charge in [-0.25, -0.2) is 4.79 Å². The molecule has 0 unspecified atom stereocenters. The monoisotopic (exact) mass is 267 g/mol. The maximum absolute atomic E-state index is 11.9. The van der Waals surface area contributed by atoms with E-state index in [1.54, 1.807) is 11.1 Å². The SMILES string of the molecule is CC(C)(C)OC(=O)N1CCC([n+]2cc(N)c[nH]2)CC1. The van der Waals surface area contributed by atoms with Crippen molar-refractivity contribution in [1.82, 2.24) is 10.00 Å². The lowest BCUT2D eigenvalue weighted by Crippen LogP contribution is -2.49. The summed E-state index contributed by atoms with van der Waals surface area (Å²) >= 11 is 0. The molecule has 0 bridgehead atoms. The van der Waals surface area contributed by atoms with Crippen LogP contribution in [0.1, 0.15) is 39.7 Å². The molecule has 6 heteroatoms. The van der Waals surface area contributed by atoms with Gasteiger partial charge in [-0.05, 0) is 20.8 Å². The van der Waals surface area contributed by atoms with Gasteiger partial charge in [0.05, 0.1) is 6.20 Å². The highest BCUT2D eigenvalue weighted by Crippen LogP contribution is 2.19. The van der Waals surface area contributed by atoms with Crippen molar-refractivity contribution in [3.05, 3.63) is 12.4 Å². The second-order valence-electron chi connectivity index (χ2n) is 6.01. The number of likely N-dealkylation sites (tertiary alicyclic amines) is 1. The smallest absolute Gasteiger partial charge is 0.410 e. The third-order valence-corrected chi connectivity index (χ3v) is 3.18. The number of piperidine rings is 1. The number of hydrogen-bond acceptors (Lipinski definition) is 3. The normalized spacial score (nSPS) is 17.5. The Hall–Kier alpha value is -1.72. The van der Waals surface area contributed by atoms with Gasteiger partial charge in [-0.2, -0.15) is 5.10 Å². The first-order chi connectivity index (χ1) is 8.85. The molecule has 1 fully saturated rings. The first kappa shape index (κ1) is 13.7. The highest BCUT2D eigenvalue weighted by molar-refractivity contribution is 5.68. The van der Waals surface area contributed by atoms with E-state index in [2.05, 4.69) is 5.10 Å². The summed E-state index contributed by atoms with van der Waals surface area (Å²) in [5, 5.41) is 3.11. The molecule has 0 saturated carbocycles. The van der Waals surface area contributed by atoms with Gasteiger partial charge in [-0.1, -0.05) is 0 Å². The number of nitrogens with two attached hydrogens (primary N) is 1. The Morgan fingerprint density at radius 1 is 1.47 bits per heavy atom. The second-order valence-corrected chi connectivity index (χ2v) is 6.01. The van der Waals surface area contributed by atoms with Crippen molar-refractivity contribution in [3.63, 3.8) is 0 Å². The van der Waals surface area contributed by atoms with E-state index in [-0.39, 0.29) is 6.09 Å². The van der Waals surface area contributed by atoms with Crippen molar-refractivity contribution in [2.24, 2.45) is 0 Å². The van der Waals surface area contributed by atoms with Crippen molar-refractivity contribution in [2.45, 2.75) is 45.3 Å². The number of anilines is 1. The summed E-state index contributed by atoms with van der Waals surface area (Å²) in [5.74, 6) is 0. The van der Waals surface area contributed by atoms with Gasteiger partial charge in [0.1, 0.15) is 11.3 Å². The maximum Gasteiger partial charge on any atom is 0.410 e. The fourth-order valence-electron chi connectivity index (χ4n) is 2.25. The first-order valence-corrected chi connectivity index (χ1v) is 6.68. The van der Waals surface area contributed by atoms with Crippen molar-refractivity contribution in [3.8, 4) is 0 Å². The van der Waals surface area contributed by atoms with Gasteiger partial charge in [-0.15, -0.1) is 4.68 Å². The Morgan fingerprint density at radius 2 is 2.11 bits per heavy atom. The first-order valence-electron chi connectivity index (χ1n) is 6.68. The minimum absolute atomic E-state index is 0.220. The van der Waals surface area contributed by atoms with Crippen molar-refractivity contribution in [1.29, 1.82) is 0 Å². The summed E-state index contributed by atoms with van der Waals surface area (Å²) in [7, 11) is 0. The number of nitrogen functional groups attached to an aromatic ring is 1. The Labute approximate surface area is 113 Å². The number of hydrogen-bond donors (Lipinski definition) is 2. The van der Waals surface area contributed by atoms with Crippen LogP contribution >= 0.6 is 0 Å². The van der Waals surface area contributed by atoms with Crippen LogP contribution in [0.25, 0.3) is 0 Å². The molecule has 0 aliphatic carbocycles. The standard InChI is InChI=1S/C13H22N4O2/c1-13(2,3)19-12(18)16-6-4-11(5-7-16)17-9-10(14)8-15-17/h8-9,11H,4-7,14H2,1-3H3/p+1. The zero-order valence-corrected chi connectivity index (χ0v) is 11.8. The van der Waals surface area contributed by atoms with Gasteiger partial charge in [0, 0.05) is 25.9 Å². The molecule has 1 aromatic rings. The zero-order valence-electron chi connectivity index (χ0n) is 11.8. The lowest BCUT2D eigenvalue weighted by Gasteiger charge is -2.31. The molecule has 19 heavy (non-hydrogen) atoms. The molecule has 0 aromatic carbocycles. The minimum Gasteiger partial charge on any atom is -0.444 e. The van der Waals surface area contributed by atoms with E-state index in [0.717, 1.165) is 18.5 Å². The average Bonchev–Trinajstić information content (AvgIpc) is 2.74. The van der Waals surface area contributed by atoms with E-state index in [9.17, 15) is 4.79 Å². The third kappa shape index (κ3) is 3.62. The Morgan fingerprint density at radius 3 is 2.58 bits per heavy atom. The summed E-state index contributed by atoms with van der Waals surface area (Å²) in [6, 6.07) is 0.371. The summed E-state index contributed by atoms with van der Waals surface area (Å²) in [6.07, 6.45) is 5.27. The van der Waals surface area contributed by atoms with Gasteiger partial charge in [0.2, 0.25) is 6.20 Å². The third-order valence-electron chi connectivity index (χ3n) is 3.18. The summed E-state index contributed by atoms with van der Waals surface area (Å²) in [6.45, 7) is 7.08. The molecule has 0 spiro atoms. The molecule has 0 radical (unpaired) electrons. The topological polar surface area (TPSA) is 75.2 Å². The maximum atomic E-state index is 11.9. The van der Waals surface area contributed by atoms with Gasteiger partial charge >= 0.3 is 6.09 Å². The van der Waals surface area contributed by atoms with E-state index in [1.807, 2.05) is 31.6 Å². The molecule has 1 aliphatic heterocycles. The molecule has 1 amide bonds. The number of aromatic amines is 1. The average molecular weight is 267 g/mol. The highest BCUT2D eigenvalue weighted by Gasteiger charge is 2.31. The number of ether oxygens (including phenoxy) is 1. The largest absolute Gasteiger partial charge is 0.444 e. The van der Waals surface area contributed by atoms with Crippen molar-refractivity contribution < 1.29 is 14.2 Å². The van der Waals surface area contributed by atoms with E-state index in [4.69, 9.17) is 10.5 Å². The number of aromatic nitrogens is 2. The van der Waals surface area contributed by atoms with Gasteiger partial charge in [0.15, 0.2) is 6.04 Å². The predicted molar refractivity (Wildman–Crippen MR) is 71.5 cm³/mol. The summed E-state index contributed by atoms with van der Waals surface area (Å²) < 4.78 is 7.39. The predicted octanol–water partition coefficient (Wildman–Crippen LogP) is 1.46. The highest BCUT2D eigenvalue weighted by atomic mass is 16.6. The number of amides is 1. The van der Waals surface area contributed by atoms with E-state index >= 15 is 0 Å². The molecule has 6 nitrogen and oxygen atoms in total. The van der Waals surface area contributed by atoms with E-state index in [1.165, 1.54) is 0 Å². The second kappa shape index (κ2) is 5.11. The Balaban J connectivity index is 1.87. The molecule has 106 valence electrons. The van der Waals surface area contributed by atoms with Crippen LogP contribution in [0.5, 0.6) is 0 Å². The quantitative estimate of drug-likeness (QED) is 0.756. The molecule has 2 heterocycles. The molecule has 1 saturated heterocycles. The van der Waals surface area contributed by atoms with Crippen LogP contribution in [-0.4, -0.2) is 34.8 Å². The molecule has 2 rings (SSSR count). The number of nitrogens with zero attached hydrogens (tertiary/aromatic N) is 2. The number of rotatable bonds is 1. The van der Waals surface area contributed by atoms with Crippen LogP contribution in [0.2, 0.25) is 0 Å². The molecule has 0 atom stereocenters. The molecule has 3 N–H and O–H groups in total. The van der Waals surface area contributed by atoms with Crippen LogP contribution in [0, 0.1) is 0 Å². The van der Waals surface area contributed by atoms with E-state index < -0.39 is 5.60 Å². The van der Waals surface area contributed by atoms with Gasteiger partial charge < -0.3 is 15.4 Å². The Kier molecular flexibility index (Phi) is 3.68. The van der Waals surface area contributed by atoms with Crippen molar-refractivity contribution >= 4 is 11.8 Å².